The molecule has 0 aliphatic heterocycles. The number of halogens is 1. The molecule has 0 amide bonds. The first-order valence-corrected chi connectivity index (χ1v) is 8.54. The zero-order valence-electron chi connectivity index (χ0n) is 12.9. The molecule has 6 heteroatoms. The van der Waals surface area contributed by atoms with E-state index >= 15 is 0 Å². The minimum atomic E-state index is -0.281. The minimum Gasteiger partial charge on any atom is -0.270 e. The summed E-state index contributed by atoms with van der Waals surface area (Å²) in [5.74, 6) is 1.21. The number of hydrogen-bond acceptors (Lipinski definition) is 4. The molecular formula is C18H15FN4S. The molecule has 3 aromatic rings. The second-order valence-electron chi connectivity index (χ2n) is 5.09. The van der Waals surface area contributed by atoms with Crippen molar-refractivity contribution in [2.24, 2.45) is 0 Å². The van der Waals surface area contributed by atoms with Crippen LogP contribution in [0.5, 0.6) is 0 Å². The first-order chi connectivity index (χ1) is 11.8. The maximum absolute atomic E-state index is 13.3. The van der Waals surface area contributed by atoms with Crippen LogP contribution < -0.4 is 0 Å². The van der Waals surface area contributed by atoms with Crippen LogP contribution in [0, 0.1) is 17.1 Å². The summed E-state index contributed by atoms with van der Waals surface area (Å²) in [6.45, 7) is 0. The van der Waals surface area contributed by atoms with Gasteiger partial charge in [-0.25, -0.2) is 4.39 Å². The number of aromatic nitrogens is 3. The summed E-state index contributed by atoms with van der Waals surface area (Å²) < 4.78 is 15.2. The lowest BCUT2D eigenvalue weighted by Crippen LogP contribution is -2.00. The number of rotatable bonds is 6. The number of nitriles is 1. The normalized spacial score (nSPS) is 10.5. The third-order valence-corrected chi connectivity index (χ3v) is 4.43. The lowest BCUT2D eigenvalue weighted by Gasteiger charge is -2.10. The van der Waals surface area contributed by atoms with Gasteiger partial charge >= 0.3 is 0 Å². The largest absolute Gasteiger partial charge is 0.270 e. The average molecular weight is 338 g/mol. The van der Waals surface area contributed by atoms with Gasteiger partial charge in [-0.2, -0.15) is 5.26 Å². The molecule has 1 heterocycles. The third-order valence-electron chi connectivity index (χ3n) is 3.41. The predicted molar refractivity (Wildman–Crippen MR) is 92.3 cm³/mol. The van der Waals surface area contributed by atoms with E-state index in [9.17, 15) is 4.39 Å². The molecule has 0 fully saturated rings. The second-order valence-corrected chi connectivity index (χ2v) is 6.16. The van der Waals surface area contributed by atoms with E-state index in [1.165, 1.54) is 12.1 Å². The first-order valence-electron chi connectivity index (χ1n) is 7.56. The number of nitrogens with zero attached hydrogens (tertiary/aromatic N) is 4. The molecule has 24 heavy (non-hydrogen) atoms. The first kappa shape index (κ1) is 16.2. The molecule has 0 saturated heterocycles. The zero-order valence-corrected chi connectivity index (χ0v) is 13.7. The quantitative estimate of drug-likeness (QED) is 0.491. The summed E-state index contributed by atoms with van der Waals surface area (Å²) in [6, 6.07) is 18.2. The minimum absolute atomic E-state index is 0.281. The number of thioether (sulfide) groups is 1. The molecule has 0 saturated carbocycles. The Kier molecular flexibility index (Phi) is 5.24. The van der Waals surface area contributed by atoms with Gasteiger partial charge in [0.05, 0.1) is 6.07 Å². The third kappa shape index (κ3) is 3.63. The summed E-state index contributed by atoms with van der Waals surface area (Å²) in [4.78, 5) is 0. The van der Waals surface area contributed by atoms with Gasteiger partial charge < -0.3 is 0 Å². The van der Waals surface area contributed by atoms with E-state index in [-0.39, 0.29) is 5.82 Å². The second kappa shape index (κ2) is 7.75. The fourth-order valence-electron chi connectivity index (χ4n) is 2.28. The van der Waals surface area contributed by atoms with Crippen molar-refractivity contribution in [2.45, 2.75) is 18.0 Å². The van der Waals surface area contributed by atoms with Crippen molar-refractivity contribution in [3.63, 3.8) is 0 Å². The summed E-state index contributed by atoms with van der Waals surface area (Å²) >= 11 is 1.55. The smallest absolute Gasteiger partial charge is 0.196 e. The van der Waals surface area contributed by atoms with Crippen LogP contribution in [0.25, 0.3) is 17.1 Å². The molecule has 120 valence electrons. The van der Waals surface area contributed by atoms with Crippen LogP contribution in [-0.4, -0.2) is 20.5 Å². The highest BCUT2D eigenvalue weighted by Crippen LogP contribution is 2.28. The molecule has 0 aliphatic carbocycles. The predicted octanol–water partition coefficient (Wildman–Crippen LogP) is 4.47. The van der Waals surface area contributed by atoms with Gasteiger partial charge in [0.15, 0.2) is 11.0 Å². The Balaban J connectivity index is 1.99. The van der Waals surface area contributed by atoms with Crippen molar-refractivity contribution in [3.05, 3.63) is 60.4 Å². The van der Waals surface area contributed by atoms with E-state index in [2.05, 4.69) is 16.3 Å². The molecule has 0 unspecified atom stereocenters. The fourth-order valence-corrected chi connectivity index (χ4v) is 3.17. The lowest BCUT2D eigenvalue weighted by atomic mass is 10.2. The Labute approximate surface area is 144 Å². The van der Waals surface area contributed by atoms with E-state index < -0.39 is 0 Å². The molecule has 4 nitrogen and oxygen atoms in total. The van der Waals surface area contributed by atoms with E-state index in [0.717, 1.165) is 28.6 Å². The zero-order chi connectivity index (χ0) is 16.8. The molecule has 2 aromatic carbocycles. The summed E-state index contributed by atoms with van der Waals surface area (Å²) in [5, 5.41) is 18.0. The molecule has 0 bridgehead atoms. The Hall–Kier alpha value is -2.65. The lowest BCUT2D eigenvalue weighted by molar-refractivity contribution is 0.627. The van der Waals surface area contributed by atoms with Crippen molar-refractivity contribution < 1.29 is 4.39 Å². The van der Waals surface area contributed by atoms with Crippen molar-refractivity contribution in [1.82, 2.24) is 14.8 Å². The topological polar surface area (TPSA) is 54.5 Å². The van der Waals surface area contributed by atoms with Gasteiger partial charge in [-0.3, -0.25) is 4.57 Å². The maximum atomic E-state index is 13.3. The van der Waals surface area contributed by atoms with Crippen molar-refractivity contribution in [1.29, 1.82) is 5.26 Å². The molecule has 0 aliphatic rings. The van der Waals surface area contributed by atoms with Gasteiger partial charge in [-0.05, 0) is 30.7 Å². The standard InChI is InChI=1S/C18H15FN4S/c19-15-8-10-16(11-9-15)23-17(14-6-2-1-3-7-14)21-22-18(23)24-13-5-4-12-20/h1-3,6-11H,4-5,13H2. The molecule has 0 N–H and O–H groups in total. The maximum Gasteiger partial charge on any atom is 0.196 e. The Morgan fingerprint density at radius 1 is 1.04 bits per heavy atom. The van der Waals surface area contributed by atoms with Crippen LogP contribution in [-0.2, 0) is 0 Å². The van der Waals surface area contributed by atoms with Crippen molar-refractivity contribution >= 4 is 11.8 Å². The van der Waals surface area contributed by atoms with E-state index in [4.69, 9.17) is 5.26 Å². The SMILES string of the molecule is N#CCCCSc1nnc(-c2ccccc2)n1-c1ccc(F)cc1. The molecule has 0 atom stereocenters. The fraction of sp³-hybridized carbons (Fsp3) is 0.167. The van der Waals surface area contributed by atoms with Crippen LogP contribution in [0.15, 0.2) is 59.8 Å². The van der Waals surface area contributed by atoms with Crippen molar-refractivity contribution in [3.8, 4) is 23.1 Å². The Morgan fingerprint density at radius 2 is 1.79 bits per heavy atom. The monoisotopic (exact) mass is 338 g/mol. The van der Waals surface area contributed by atoms with Gasteiger partial charge in [0.2, 0.25) is 0 Å². The van der Waals surface area contributed by atoms with Gasteiger partial charge in [-0.1, -0.05) is 42.1 Å². The van der Waals surface area contributed by atoms with E-state index in [1.54, 1.807) is 23.9 Å². The summed E-state index contributed by atoms with van der Waals surface area (Å²) in [5.41, 5.74) is 1.75. The summed E-state index contributed by atoms with van der Waals surface area (Å²) in [6.07, 6.45) is 1.31. The number of benzene rings is 2. The van der Waals surface area contributed by atoms with Crippen LogP contribution >= 0.6 is 11.8 Å². The number of hydrogen-bond donors (Lipinski definition) is 0. The highest BCUT2D eigenvalue weighted by atomic mass is 32.2. The van der Waals surface area contributed by atoms with Gasteiger partial charge in [-0.15, -0.1) is 10.2 Å². The van der Waals surface area contributed by atoms with Gasteiger partial charge in [0.25, 0.3) is 0 Å². The Bertz CT molecular complexity index is 838. The van der Waals surface area contributed by atoms with Crippen LogP contribution in [0.1, 0.15) is 12.8 Å². The van der Waals surface area contributed by atoms with Gasteiger partial charge in [0, 0.05) is 23.4 Å². The molecule has 0 spiro atoms. The molecular weight excluding hydrogens is 323 g/mol. The van der Waals surface area contributed by atoms with Crippen molar-refractivity contribution in [2.75, 3.05) is 5.75 Å². The average Bonchev–Trinajstić information content (AvgIpc) is 3.04. The Morgan fingerprint density at radius 3 is 2.50 bits per heavy atom. The highest BCUT2D eigenvalue weighted by Gasteiger charge is 2.15. The van der Waals surface area contributed by atoms with Gasteiger partial charge in [0.1, 0.15) is 5.82 Å². The van der Waals surface area contributed by atoms with Crippen LogP contribution in [0.4, 0.5) is 4.39 Å². The number of unbranched alkanes of at least 4 members (excludes halogenated alkanes) is 1. The molecule has 3 rings (SSSR count). The van der Waals surface area contributed by atoms with E-state index in [1.807, 2.05) is 34.9 Å². The van der Waals surface area contributed by atoms with Crippen LogP contribution in [0.2, 0.25) is 0 Å². The molecule has 1 aromatic heterocycles. The summed E-state index contributed by atoms with van der Waals surface area (Å²) in [7, 11) is 0. The molecule has 0 radical (unpaired) electrons. The van der Waals surface area contributed by atoms with E-state index in [0.29, 0.717) is 12.2 Å². The highest BCUT2D eigenvalue weighted by molar-refractivity contribution is 7.99. The van der Waals surface area contributed by atoms with Crippen LogP contribution in [0.3, 0.4) is 0 Å².